The minimum Gasteiger partial charge on any atom is -0.496 e. The average Bonchev–Trinajstić information content (AvgIpc) is 2.45. The van der Waals surface area contributed by atoms with E-state index in [4.69, 9.17) is 22.1 Å². The van der Waals surface area contributed by atoms with Crippen molar-refractivity contribution in [3.63, 3.8) is 0 Å². The molecule has 3 N–H and O–H groups in total. The van der Waals surface area contributed by atoms with E-state index in [-0.39, 0.29) is 5.02 Å². The van der Waals surface area contributed by atoms with E-state index in [2.05, 4.69) is 5.32 Å². The molecule has 0 heterocycles. The molecule has 0 aliphatic rings. The predicted octanol–water partition coefficient (Wildman–Crippen LogP) is 3.72. The number of hydrogen-bond donors (Lipinski definition) is 2. The maximum Gasteiger partial charge on any atom is 0.143 e. The summed E-state index contributed by atoms with van der Waals surface area (Å²) in [4.78, 5) is 0. The van der Waals surface area contributed by atoms with Crippen molar-refractivity contribution in [1.29, 1.82) is 0 Å². The van der Waals surface area contributed by atoms with E-state index in [0.717, 1.165) is 17.7 Å². The Labute approximate surface area is 122 Å². The van der Waals surface area contributed by atoms with Gasteiger partial charge in [0.25, 0.3) is 0 Å². The first-order valence-corrected chi connectivity index (χ1v) is 6.60. The number of para-hydroxylation sites is 1. The Kier molecular flexibility index (Phi) is 4.69. The van der Waals surface area contributed by atoms with E-state index < -0.39 is 5.82 Å². The number of halogens is 2. The Bertz CT molecular complexity index is 604. The summed E-state index contributed by atoms with van der Waals surface area (Å²) in [6, 6.07) is 10.5. The Morgan fingerprint density at radius 3 is 2.80 bits per heavy atom. The Morgan fingerprint density at radius 2 is 2.05 bits per heavy atom. The standard InChI is InChI=1S/C15H16ClFN2O/c1-20-15-5-3-2-4-10(15)6-7-19-14-8-11(16)12(17)9-13(14)18/h2-5,8-9,19H,6-7,18H2,1H3. The Balaban J connectivity index is 2.01. The lowest BCUT2D eigenvalue weighted by atomic mass is 10.1. The van der Waals surface area contributed by atoms with E-state index in [9.17, 15) is 4.39 Å². The molecule has 0 amide bonds. The van der Waals surface area contributed by atoms with Gasteiger partial charge in [-0.05, 0) is 24.1 Å². The fourth-order valence-corrected chi connectivity index (χ4v) is 2.12. The van der Waals surface area contributed by atoms with E-state index in [1.165, 1.54) is 12.1 Å². The van der Waals surface area contributed by atoms with Gasteiger partial charge >= 0.3 is 0 Å². The fraction of sp³-hybridized carbons (Fsp3) is 0.200. The van der Waals surface area contributed by atoms with Crippen molar-refractivity contribution >= 4 is 23.0 Å². The average molecular weight is 295 g/mol. The first-order chi connectivity index (χ1) is 9.61. The SMILES string of the molecule is COc1ccccc1CCNc1cc(Cl)c(F)cc1N. The van der Waals surface area contributed by atoms with Gasteiger partial charge in [-0.3, -0.25) is 0 Å². The molecular formula is C15H16ClFN2O. The molecule has 0 saturated carbocycles. The zero-order chi connectivity index (χ0) is 14.5. The van der Waals surface area contributed by atoms with Gasteiger partial charge in [0.1, 0.15) is 11.6 Å². The van der Waals surface area contributed by atoms with Crippen LogP contribution in [0.2, 0.25) is 5.02 Å². The normalized spacial score (nSPS) is 10.3. The van der Waals surface area contributed by atoms with Crippen molar-refractivity contribution in [3.8, 4) is 5.75 Å². The van der Waals surface area contributed by atoms with Crippen LogP contribution in [0, 0.1) is 5.82 Å². The second-order valence-electron chi connectivity index (χ2n) is 4.34. The number of benzene rings is 2. The summed E-state index contributed by atoms with van der Waals surface area (Å²) in [5.74, 6) is 0.332. The smallest absolute Gasteiger partial charge is 0.143 e. The molecule has 0 spiro atoms. The number of nitrogens with two attached hydrogens (primary N) is 1. The van der Waals surface area contributed by atoms with Gasteiger partial charge in [0.2, 0.25) is 0 Å². The van der Waals surface area contributed by atoms with Gasteiger partial charge in [-0.15, -0.1) is 0 Å². The maximum absolute atomic E-state index is 13.2. The monoisotopic (exact) mass is 294 g/mol. The molecule has 3 nitrogen and oxygen atoms in total. The molecule has 0 unspecified atom stereocenters. The zero-order valence-corrected chi connectivity index (χ0v) is 11.9. The van der Waals surface area contributed by atoms with Crippen LogP contribution < -0.4 is 15.8 Å². The number of ether oxygens (including phenoxy) is 1. The molecule has 0 aliphatic carbocycles. The molecule has 2 aromatic carbocycles. The summed E-state index contributed by atoms with van der Waals surface area (Å²) in [5.41, 5.74) is 7.80. The fourth-order valence-electron chi connectivity index (χ4n) is 1.96. The van der Waals surface area contributed by atoms with E-state index in [1.807, 2.05) is 24.3 Å². The van der Waals surface area contributed by atoms with Gasteiger partial charge in [0.05, 0.1) is 23.5 Å². The van der Waals surface area contributed by atoms with Crippen LogP contribution in [0.15, 0.2) is 36.4 Å². The third-order valence-corrected chi connectivity index (χ3v) is 3.28. The minimum atomic E-state index is -0.514. The van der Waals surface area contributed by atoms with Crippen LogP contribution in [0.4, 0.5) is 15.8 Å². The van der Waals surface area contributed by atoms with Crippen LogP contribution in [0.5, 0.6) is 5.75 Å². The van der Waals surface area contributed by atoms with E-state index in [1.54, 1.807) is 7.11 Å². The number of hydrogen-bond acceptors (Lipinski definition) is 3. The first kappa shape index (κ1) is 14.5. The topological polar surface area (TPSA) is 47.3 Å². The van der Waals surface area contributed by atoms with Crippen LogP contribution in [0.3, 0.4) is 0 Å². The number of nitrogen functional groups attached to an aromatic ring is 1. The van der Waals surface area contributed by atoms with Crippen LogP contribution in [0.1, 0.15) is 5.56 Å². The lowest BCUT2D eigenvalue weighted by Crippen LogP contribution is -2.08. The number of nitrogens with one attached hydrogen (secondary N) is 1. The molecular weight excluding hydrogens is 279 g/mol. The van der Waals surface area contributed by atoms with Crippen LogP contribution >= 0.6 is 11.6 Å². The summed E-state index contributed by atoms with van der Waals surface area (Å²) in [5, 5.41) is 3.20. The van der Waals surface area contributed by atoms with Gasteiger partial charge < -0.3 is 15.8 Å². The molecule has 20 heavy (non-hydrogen) atoms. The van der Waals surface area contributed by atoms with Crippen LogP contribution in [-0.2, 0) is 6.42 Å². The third-order valence-electron chi connectivity index (χ3n) is 2.99. The highest BCUT2D eigenvalue weighted by molar-refractivity contribution is 6.31. The second kappa shape index (κ2) is 6.48. The highest BCUT2D eigenvalue weighted by Crippen LogP contribution is 2.26. The summed E-state index contributed by atoms with van der Waals surface area (Å²) in [6.07, 6.45) is 0.762. The van der Waals surface area contributed by atoms with Crippen molar-refractivity contribution in [3.05, 3.63) is 52.8 Å². The summed E-state index contributed by atoms with van der Waals surface area (Å²) in [7, 11) is 1.64. The number of methoxy groups -OCH3 is 1. The quantitative estimate of drug-likeness (QED) is 0.826. The molecule has 2 rings (SSSR count). The Hall–Kier alpha value is -1.94. The number of anilines is 2. The van der Waals surface area contributed by atoms with Crippen molar-refractivity contribution < 1.29 is 9.13 Å². The highest BCUT2D eigenvalue weighted by Gasteiger charge is 2.06. The van der Waals surface area contributed by atoms with Gasteiger partial charge in [0, 0.05) is 12.6 Å². The van der Waals surface area contributed by atoms with E-state index in [0.29, 0.717) is 17.9 Å². The van der Waals surface area contributed by atoms with Crippen LogP contribution in [-0.4, -0.2) is 13.7 Å². The van der Waals surface area contributed by atoms with Gasteiger partial charge in [-0.1, -0.05) is 29.8 Å². The lowest BCUT2D eigenvalue weighted by Gasteiger charge is -2.12. The molecule has 0 fully saturated rings. The van der Waals surface area contributed by atoms with Crippen molar-refractivity contribution in [2.24, 2.45) is 0 Å². The van der Waals surface area contributed by atoms with Crippen molar-refractivity contribution in [2.75, 3.05) is 24.7 Å². The largest absolute Gasteiger partial charge is 0.496 e. The zero-order valence-electron chi connectivity index (χ0n) is 11.1. The lowest BCUT2D eigenvalue weighted by molar-refractivity contribution is 0.410. The van der Waals surface area contributed by atoms with Gasteiger partial charge in [-0.2, -0.15) is 0 Å². The minimum absolute atomic E-state index is 0.0546. The van der Waals surface area contributed by atoms with Gasteiger partial charge in [0.15, 0.2) is 0 Å². The third kappa shape index (κ3) is 3.33. The molecule has 0 aromatic heterocycles. The molecule has 0 bridgehead atoms. The predicted molar refractivity (Wildman–Crippen MR) is 81.0 cm³/mol. The second-order valence-corrected chi connectivity index (χ2v) is 4.75. The highest BCUT2D eigenvalue weighted by atomic mass is 35.5. The molecule has 5 heteroatoms. The van der Waals surface area contributed by atoms with E-state index >= 15 is 0 Å². The molecule has 2 aromatic rings. The van der Waals surface area contributed by atoms with Gasteiger partial charge in [-0.25, -0.2) is 4.39 Å². The maximum atomic E-state index is 13.2. The molecule has 0 radical (unpaired) electrons. The number of rotatable bonds is 5. The molecule has 106 valence electrons. The first-order valence-electron chi connectivity index (χ1n) is 6.22. The summed E-state index contributed by atoms with van der Waals surface area (Å²) >= 11 is 5.74. The summed E-state index contributed by atoms with van der Waals surface area (Å²) < 4.78 is 18.5. The van der Waals surface area contributed by atoms with Crippen molar-refractivity contribution in [1.82, 2.24) is 0 Å². The summed E-state index contributed by atoms with van der Waals surface area (Å²) in [6.45, 7) is 0.645. The van der Waals surface area contributed by atoms with Crippen molar-refractivity contribution in [2.45, 2.75) is 6.42 Å². The van der Waals surface area contributed by atoms with Crippen LogP contribution in [0.25, 0.3) is 0 Å². The molecule has 0 atom stereocenters. The Morgan fingerprint density at radius 1 is 1.30 bits per heavy atom. The molecule has 0 saturated heterocycles. The molecule has 0 aliphatic heterocycles.